The Balaban J connectivity index is 1.92. The van der Waals surface area contributed by atoms with Crippen LogP contribution >= 0.6 is 0 Å². The molecule has 0 spiro atoms. The number of amides is 1. The minimum Gasteiger partial charge on any atom is -0.282 e. The van der Waals surface area contributed by atoms with E-state index in [-0.39, 0.29) is 17.5 Å². The molecule has 9 heteroatoms. The topological polar surface area (TPSA) is 95.8 Å². The highest BCUT2D eigenvalue weighted by Gasteiger charge is 2.24. The molecule has 0 aliphatic carbocycles. The lowest BCUT2D eigenvalue weighted by Gasteiger charge is -2.12. The van der Waals surface area contributed by atoms with Gasteiger partial charge in [0.15, 0.2) is 11.6 Å². The smallest absolute Gasteiger partial charge is 0.282 e. The normalized spacial score (nSPS) is 11.6. The van der Waals surface area contributed by atoms with E-state index in [4.69, 9.17) is 0 Å². The first-order valence-corrected chi connectivity index (χ1v) is 10.1. The van der Waals surface area contributed by atoms with E-state index in [0.717, 1.165) is 11.6 Å². The van der Waals surface area contributed by atoms with Gasteiger partial charge in [0, 0.05) is 11.1 Å². The molecule has 0 aliphatic heterocycles. The van der Waals surface area contributed by atoms with Gasteiger partial charge in [-0.2, -0.15) is 13.5 Å². The highest BCUT2D eigenvalue weighted by Crippen LogP contribution is 2.33. The Morgan fingerprint density at radius 2 is 1.67 bits per heavy atom. The molecule has 0 aromatic heterocycles. The third kappa shape index (κ3) is 4.94. The molecule has 30 heavy (non-hydrogen) atoms. The second-order valence-corrected chi connectivity index (χ2v) is 7.64. The van der Waals surface area contributed by atoms with Crippen molar-refractivity contribution in [2.75, 3.05) is 0 Å². The average Bonchev–Trinajstić information content (AvgIpc) is 2.70. The first-order chi connectivity index (χ1) is 14.3. The molecule has 3 aromatic carbocycles. The van der Waals surface area contributed by atoms with E-state index in [1.54, 1.807) is 30.3 Å². The van der Waals surface area contributed by atoms with Crippen LogP contribution in [0.5, 0.6) is 0 Å². The second kappa shape index (κ2) is 8.93. The fraction of sp³-hybridized carbons (Fsp3) is 0.0476. The van der Waals surface area contributed by atoms with Crippen LogP contribution < -0.4 is 5.43 Å². The summed E-state index contributed by atoms with van der Waals surface area (Å²) < 4.78 is 61.0. The van der Waals surface area contributed by atoms with Crippen LogP contribution in [0.1, 0.15) is 11.1 Å². The fourth-order valence-electron chi connectivity index (χ4n) is 2.83. The predicted octanol–water partition coefficient (Wildman–Crippen LogP) is 3.57. The van der Waals surface area contributed by atoms with Crippen molar-refractivity contribution in [3.05, 3.63) is 89.5 Å². The van der Waals surface area contributed by atoms with E-state index < -0.39 is 38.1 Å². The maximum atomic E-state index is 14.5. The van der Waals surface area contributed by atoms with Crippen molar-refractivity contribution in [3.8, 4) is 11.1 Å². The molecular formula is C21H16F2N2O4S. The summed E-state index contributed by atoms with van der Waals surface area (Å²) >= 11 is 0. The van der Waals surface area contributed by atoms with Gasteiger partial charge < -0.3 is 0 Å². The Morgan fingerprint density at radius 3 is 2.37 bits per heavy atom. The number of rotatable bonds is 6. The predicted molar refractivity (Wildman–Crippen MR) is 107 cm³/mol. The van der Waals surface area contributed by atoms with Gasteiger partial charge in [-0.15, -0.1) is 0 Å². The summed E-state index contributed by atoms with van der Waals surface area (Å²) in [4.78, 5) is 11.2. The van der Waals surface area contributed by atoms with Crippen LogP contribution in [0.4, 0.5) is 8.78 Å². The minimum absolute atomic E-state index is 0.0248. The first-order valence-electron chi connectivity index (χ1n) is 8.68. The van der Waals surface area contributed by atoms with Gasteiger partial charge in [-0.25, -0.2) is 14.2 Å². The fourth-order valence-corrected chi connectivity index (χ4v) is 3.53. The number of hydrazone groups is 1. The van der Waals surface area contributed by atoms with Gasteiger partial charge in [-0.05, 0) is 23.3 Å². The largest absolute Gasteiger partial charge is 0.295 e. The van der Waals surface area contributed by atoms with Crippen molar-refractivity contribution in [2.24, 2.45) is 5.10 Å². The number of hydrogen-bond donors (Lipinski definition) is 2. The van der Waals surface area contributed by atoms with Gasteiger partial charge in [-0.1, -0.05) is 54.6 Å². The van der Waals surface area contributed by atoms with Crippen molar-refractivity contribution in [3.63, 3.8) is 0 Å². The van der Waals surface area contributed by atoms with Crippen molar-refractivity contribution >= 4 is 22.2 Å². The van der Waals surface area contributed by atoms with Crippen molar-refractivity contribution in [1.29, 1.82) is 0 Å². The third-order valence-corrected chi connectivity index (χ3v) is 5.06. The van der Waals surface area contributed by atoms with E-state index >= 15 is 0 Å². The van der Waals surface area contributed by atoms with E-state index in [0.29, 0.717) is 6.07 Å². The Kier molecular flexibility index (Phi) is 6.34. The molecular weight excluding hydrogens is 414 g/mol. The maximum absolute atomic E-state index is 14.5. The number of nitrogens with zero attached hydrogens (tertiary/aromatic N) is 1. The van der Waals surface area contributed by atoms with Crippen molar-refractivity contribution in [2.45, 2.75) is 11.3 Å². The lowest BCUT2D eigenvalue weighted by molar-refractivity contribution is -0.120. The highest BCUT2D eigenvalue weighted by atomic mass is 32.2. The zero-order chi connectivity index (χ0) is 21.7. The zero-order valence-corrected chi connectivity index (χ0v) is 16.2. The van der Waals surface area contributed by atoms with Gasteiger partial charge in [-0.3, -0.25) is 9.35 Å². The molecule has 2 N–H and O–H groups in total. The molecule has 0 atom stereocenters. The first kappa shape index (κ1) is 21.3. The summed E-state index contributed by atoms with van der Waals surface area (Å²) in [5.74, 6) is -3.11. The standard InChI is InChI=1S/C21H16F2N2O4S/c22-17-10-11-18(30(27,28)29)20(21(17)23)16-9-5-4-8-15(16)13-24-25-19(26)12-14-6-2-1-3-7-14/h1-11,13H,12H2,(H,25,26)(H,27,28,29)/b24-13+. The van der Waals surface area contributed by atoms with Crippen LogP contribution in [0.15, 0.2) is 76.7 Å². The van der Waals surface area contributed by atoms with E-state index in [9.17, 15) is 26.5 Å². The summed E-state index contributed by atoms with van der Waals surface area (Å²) in [7, 11) is -4.83. The average molecular weight is 430 g/mol. The van der Waals surface area contributed by atoms with Crippen LogP contribution in [-0.4, -0.2) is 25.1 Å². The quantitative estimate of drug-likeness (QED) is 0.355. The molecule has 154 valence electrons. The lowest BCUT2D eigenvalue weighted by Crippen LogP contribution is -2.19. The summed E-state index contributed by atoms with van der Waals surface area (Å²) in [6.07, 6.45) is 1.27. The highest BCUT2D eigenvalue weighted by molar-refractivity contribution is 7.86. The monoisotopic (exact) mass is 430 g/mol. The maximum Gasteiger partial charge on any atom is 0.295 e. The van der Waals surface area contributed by atoms with Crippen LogP contribution in [0.3, 0.4) is 0 Å². The van der Waals surface area contributed by atoms with Gasteiger partial charge in [0.1, 0.15) is 4.90 Å². The van der Waals surface area contributed by atoms with E-state index in [1.165, 1.54) is 24.4 Å². The number of halogens is 2. The number of carbonyl (C=O) groups excluding carboxylic acids is 1. The molecule has 0 unspecified atom stereocenters. The number of carbonyl (C=O) groups is 1. The molecule has 0 bridgehead atoms. The summed E-state index contributed by atoms with van der Waals surface area (Å²) in [5.41, 5.74) is 2.65. The molecule has 0 aliphatic rings. The summed E-state index contributed by atoms with van der Waals surface area (Å²) in [6, 6.07) is 16.2. The van der Waals surface area contributed by atoms with Gasteiger partial charge in [0.2, 0.25) is 5.91 Å². The van der Waals surface area contributed by atoms with Gasteiger partial charge >= 0.3 is 0 Å². The zero-order valence-electron chi connectivity index (χ0n) is 15.4. The third-order valence-electron chi connectivity index (χ3n) is 4.17. The number of nitrogens with one attached hydrogen (secondary N) is 1. The molecule has 0 fully saturated rings. The Hall–Kier alpha value is -3.43. The molecule has 0 saturated carbocycles. The number of hydrogen-bond acceptors (Lipinski definition) is 4. The van der Waals surface area contributed by atoms with Crippen molar-refractivity contribution < 1.29 is 26.5 Å². The molecule has 3 rings (SSSR count). The van der Waals surface area contributed by atoms with Crippen LogP contribution in [0.2, 0.25) is 0 Å². The molecule has 0 saturated heterocycles. The van der Waals surface area contributed by atoms with Crippen molar-refractivity contribution in [1.82, 2.24) is 5.43 Å². The van der Waals surface area contributed by atoms with Gasteiger partial charge in [0.05, 0.1) is 12.6 Å². The minimum atomic E-state index is -4.83. The Morgan fingerprint density at radius 1 is 1.00 bits per heavy atom. The lowest BCUT2D eigenvalue weighted by atomic mass is 9.99. The van der Waals surface area contributed by atoms with Crippen LogP contribution in [0, 0.1) is 11.6 Å². The molecule has 1 amide bonds. The summed E-state index contributed by atoms with van der Waals surface area (Å²) in [5, 5.41) is 3.82. The Labute approximate surface area is 171 Å². The summed E-state index contributed by atoms with van der Waals surface area (Å²) in [6.45, 7) is 0. The van der Waals surface area contributed by atoms with E-state index in [2.05, 4.69) is 10.5 Å². The Bertz CT molecular complexity index is 1210. The van der Waals surface area contributed by atoms with E-state index in [1.807, 2.05) is 6.07 Å². The van der Waals surface area contributed by atoms with Crippen LogP contribution in [0.25, 0.3) is 11.1 Å². The molecule has 0 heterocycles. The van der Waals surface area contributed by atoms with Crippen LogP contribution in [-0.2, 0) is 21.3 Å². The molecule has 6 nitrogen and oxygen atoms in total. The number of benzene rings is 3. The molecule has 0 radical (unpaired) electrons. The molecule has 3 aromatic rings. The SMILES string of the molecule is O=C(Cc1ccccc1)N/N=C/c1ccccc1-c1c(S(=O)(=O)O)ccc(F)c1F. The van der Waals surface area contributed by atoms with Gasteiger partial charge in [0.25, 0.3) is 10.1 Å². The second-order valence-electron chi connectivity index (χ2n) is 6.25.